The number of ether oxygens (including phenoxy) is 1. The summed E-state index contributed by atoms with van der Waals surface area (Å²) in [6.45, 7) is 1.36. The van der Waals surface area contributed by atoms with Gasteiger partial charge in [0.05, 0.1) is 13.2 Å². The lowest BCUT2D eigenvalue weighted by Gasteiger charge is -2.16. The second kappa shape index (κ2) is 5.69. The van der Waals surface area contributed by atoms with Crippen LogP contribution in [0, 0.1) is 5.92 Å². The van der Waals surface area contributed by atoms with Crippen LogP contribution in [0.4, 0.5) is 0 Å². The molecular weight excluding hydrogens is 252 g/mol. The van der Waals surface area contributed by atoms with E-state index in [-0.39, 0.29) is 0 Å². The number of nitrogens with two attached hydrogens (primary N) is 1. The fourth-order valence-electron chi connectivity index (χ4n) is 2.05. The van der Waals surface area contributed by atoms with E-state index >= 15 is 0 Å². The molecule has 0 aromatic carbocycles. The first kappa shape index (κ1) is 13.2. The molecule has 2 fully saturated rings. The maximum absolute atomic E-state index is 5.98. The van der Waals surface area contributed by atoms with Crippen LogP contribution >= 0.6 is 0 Å². The molecule has 2 aliphatic carbocycles. The summed E-state index contributed by atoms with van der Waals surface area (Å²) in [7, 11) is 2.01. The highest BCUT2D eigenvalue weighted by atomic mass is 16.5. The minimum Gasteiger partial charge on any atom is -0.477 e. The van der Waals surface area contributed by atoms with Crippen LogP contribution in [0.1, 0.15) is 31.2 Å². The van der Waals surface area contributed by atoms with E-state index < -0.39 is 0 Å². The van der Waals surface area contributed by atoms with Gasteiger partial charge in [-0.3, -0.25) is 0 Å². The van der Waals surface area contributed by atoms with E-state index in [9.17, 15) is 0 Å². The Kier molecular flexibility index (Phi) is 3.76. The normalized spacial score (nSPS) is 18.9. The second-order valence-electron chi connectivity index (χ2n) is 5.77. The summed E-state index contributed by atoms with van der Waals surface area (Å²) < 4.78 is 5.67. The Morgan fingerprint density at radius 1 is 1.45 bits per heavy atom. The van der Waals surface area contributed by atoms with Crippen molar-refractivity contribution in [1.29, 1.82) is 0 Å². The number of aromatic nitrogens is 1. The smallest absolute Gasteiger partial charge is 0.213 e. The summed E-state index contributed by atoms with van der Waals surface area (Å²) in [5.41, 5.74) is 7.06. The summed E-state index contributed by atoms with van der Waals surface area (Å²) in [5.74, 6) is 2.05. The molecule has 0 radical (unpaired) electrons. The monoisotopic (exact) mass is 274 g/mol. The van der Waals surface area contributed by atoms with E-state index in [0.29, 0.717) is 24.4 Å². The summed E-state index contributed by atoms with van der Waals surface area (Å²) in [4.78, 5) is 10.7. The quantitative estimate of drug-likeness (QED) is 0.634. The van der Waals surface area contributed by atoms with Crippen LogP contribution < -0.4 is 10.5 Å². The van der Waals surface area contributed by atoms with E-state index in [0.717, 1.165) is 18.1 Å². The van der Waals surface area contributed by atoms with Crippen molar-refractivity contribution in [1.82, 2.24) is 9.88 Å². The second-order valence-corrected chi connectivity index (χ2v) is 5.77. The Labute approximate surface area is 119 Å². The van der Waals surface area contributed by atoms with Crippen LogP contribution in [-0.2, 0) is 6.54 Å². The molecule has 108 valence electrons. The highest BCUT2D eigenvalue weighted by Gasteiger charge is 2.27. The lowest BCUT2D eigenvalue weighted by molar-refractivity contribution is 0.288. The molecule has 1 aromatic heterocycles. The van der Waals surface area contributed by atoms with Gasteiger partial charge in [-0.1, -0.05) is 0 Å². The highest BCUT2D eigenvalue weighted by molar-refractivity contribution is 5.78. The van der Waals surface area contributed by atoms with Gasteiger partial charge in [-0.25, -0.2) is 9.98 Å². The van der Waals surface area contributed by atoms with E-state index in [4.69, 9.17) is 10.5 Å². The third-order valence-corrected chi connectivity index (χ3v) is 3.84. The molecule has 1 aromatic rings. The molecule has 2 saturated carbocycles. The Hall–Kier alpha value is -1.78. The first-order valence-corrected chi connectivity index (χ1v) is 7.33. The van der Waals surface area contributed by atoms with Gasteiger partial charge in [0.1, 0.15) is 0 Å². The van der Waals surface area contributed by atoms with Gasteiger partial charge in [-0.2, -0.15) is 0 Å². The van der Waals surface area contributed by atoms with E-state index in [2.05, 4.69) is 14.9 Å². The first-order valence-electron chi connectivity index (χ1n) is 7.33. The molecule has 3 rings (SSSR count). The van der Waals surface area contributed by atoms with E-state index in [1.807, 2.05) is 19.2 Å². The number of aliphatic imine (C=N–C) groups is 1. The average Bonchev–Trinajstić information content (AvgIpc) is 3.35. The Morgan fingerprint density at radius 2 is 2.25 bits per heavy atom. The Morgan fingerprint density at radius 3 is 2.95 bits per heavy atom. The molecule has 5 nitrogen and oxygen atoms in total. The Bertz CT molecular complexity index is 494. The van der Waals surface area contributed by atoms with Crippen molar-refractivity contribution in [3.63, 3.8) is 0 Å². The zero-order valence-corrected chi connectivity index (χ0v) is 12.0. The molecule has 0 spiro atoms. The predicted octanol–water partition coefficient (Wildman–Crippen LogP) is 1.78. The van der Waals surface area contributed by atoms with Crippen molar-refractivity contribution in [2.75, 3.05) is 13.7 Å². The van der Waals surface area contributed by atoms with Crippen molar-refractivity contribution in [3.8, 4) is 5.88 Å². The molecule has 0 unspecified atom stereocenters. The number of pyridine rings is 1. The molecule has 20 heavy (non-hydrogen) atoms. The molecule has 1 heterocycles. The highest BCUT2D eigenvalue weighted by Crippen LogP contribution is 2.29. The van der Waals surface area contributed by atoms with Gasteiger partial charge in [0.2, 0.25) is 5.88 Å². The topological polar surface area (TPSA) is 63.7 Å². The Balaban J connectivity index is 1.55. The molecule has 2 N–H and O–H groups in total. The van der Waals surface area contributed by atoms with Crippen LogP contribution in [0.5, 0.6) is 5.88 Å². The lowest BCUT2D eigenvalue weighted by atomic mass is 10.3. The minimum absolute atomic E-state index is 0.575. The summed E-state index contributed by atoms with van der Waals surface area (Å²) in [5, 5.41) is 0. The van der Waals surface area contributed by atoms with Gasteiger partial charge >= 0.3 is 0 Å². The third-order valence-electron chi connectivity index (χ3n) is 3.84. The van der Waals surface area contributed by atoms with Crippen molar-refractivity contribution >= 4 is 5.96 Å². The fraction of sp³-hybridized carbons (Fsp3) is 0.600. The number of rotatable bonds is 6. The number of hydrogen-bond donors (Lipinski definition) is 1. The van der Waals surface area contributed by atoms with Crippen LogP contribution in [0.25, 0.3) is 0 Å². The molecule has 0 saturated heterocycles. The maximum Gasteiger partial charge on any atom is 0.213 e. The van der Waals surface area contributed by atoms with Crippen LogP contribution in [0.2, 0.25) is 0 Å². The van der Waals surface area contributed by atoms with Gasteiger partial charge in [0.25, 0.3) is 0 Å². The van der Waals surface area contributed by atoms with Gasteiger partial charge in [0, 0.05) is 25.4 Å². The first-order chi connectivity index (χ1) is 9.72. The van der Waals surface area contributed by atoms with Crippen molar-refractivity contribution < 1.29 is 4.74 Å². The SMILES string of the molecule is CN(C(N)=NCc1ccnc(OCC2CC2)c1)C1CC1. The molecule has 2 aliphatic rings. The van der Waals surface area contributed by atoms with Gasteiger partial charge in [-0.15, -0.1) is 0 Å². The predicted molar refractivity (Wildman–Crippen MR) is 78.6 cm³/mol. The van der Waals surface area contributed by atoms with Crippen molar-refractivity contribution in [2.45, 2.75) is 38.3 Å². The average molecular weight is 274 g/mol. The number of hydrogen-bond acceptors (Lipinski definition) is 3. The van der Waals surface area contributed by atoms with Crippen LogP contribution in [-0.4, -0.2) is 35.5 Å². The molecule has 0 atom stereocenters. The van der Waals surface area contributed by atoms with Crippen LogP contribution in [0.15, 0.2) is 23.3 Å². The molecule has 0 amide bonds. The largest absolute Gasteiger partial charge is 0.477 e. The number of guanidine groups is 1. The maximum atomic E-state index is 5.98. The van der Waals surface area contributed by atoms with Gasteiger partial charge in [-0.05, 0) is 43.2 Å². The fourth-order valence-corrected chi connectivity index (χ4v) is 2.05. The molecule has 0 bridgehead atoms. The van der Waals surface area contributed by atoms with Crippen molar-refractivity contribution in [3.05, 3.63) is 23.9 Å². The summed E-state index contributed by atoms with van der Waals surface area (Å²) in [6, 6.07) is 4.50. The van der Waals surface area contributed by atoms with Crippen LogP contribution in [0.3, 0.4) is 0 Å². The molecule has 5 heteroatoms. The number of nitrogens with zero attached hydrogens (tertiary/aromatic N) is 3. The zero-order chi connectivity index (χ0) is 13.9. The standard InChI is InChI=1S/C15H22N4O/c1-19(13-4-5-13)15(16)18-9-12-6-7-17-14(8-12)20-10-11-2-3-11/h6-8,11,13H,2-5,9-10H2,1H3,(H2,16,18). The van der Waals surface area contributed by atoms with Gasteiger partial charge in [0.15, 0.2) is 5.96 Å². The zero-order valence-electron chi connectivity index (χ0n) is 12.0. The molecular formula is C15H22N4O. The van der Waals surface area contributed by atoms with E-state index in [1.165, 1.54) is 25.7 Å². The van der Waals surface area contributed by atoms with Gasteiger partial charge < -0.3 is 15.4 Å². The third kappa shape index (κ3) is 3.62. The molecule has 0 aliphatic heterocycles. The summed E-state index contributed by atoms with van der Waals surface area (Å²) in [6.07, 6.45) is 6.79. The van der Waals surface area contributed by atoms with Crippen molar-refractivity contribution in [2.24, 2.45) is 16.6 Å². The lowest BCUT2D eigenvalue weighted by Crippen LogP contribution is -2.35. The van der Waals surface area contributed by atoms with E-state index in [1.54, 1.807) is 6.20 Å². The summed E-state index contributed by atoms with van der Waals surface area (Å²) >= 11 is 0. The minimum atomic E-state index is 0.575.